The van der Waals surface area contributed by atoms with Gasteiger partial charge in [0.05, 0.1) is 35.8 Å². The molecule has 1 aromatic heterocycles. The molecular formula is C21H24N4O5. The van der Waals surface area contributed by atoms with E-state index in [9.17, 15) is 14.9 Å². The second-order valence-electron chi connectivity index (χ2n) is 7.77. The van der Waals surface area contributed by atoms with Crippen molar-refractivity contribution in [3.63, 3.8) is 0 Å². The molecular weight excluding hydrogens is 388 g/mol. The van der Waals surface area contributed by atoms with Crippen molar-refractivity contribution in [2.45, 2.75) is 32.2 Å². The molecule has 0 bridgehead atoms. The fraction of sp³-hybridized carbons (Fsp3) is 0.429. The molecule has 0 saturated carbocycles. The predicted molar refractivity (Wildman–Crippen MR) is 110 cm³/mol. The molecule has 2 fully saturated rings. The van der Waals surface area contributed by atoms with Crippen LogP contribution in [0.2, 0.25) is 0 Å². The van der Waals surface area contributed by atoms with Gasteiger partial charge in [0.25, 0.3) is 11.6 Å². The van der Waals surface area contributed by atoms with Gasteiger partial charge in [0.15, 0.2) is 0 Å². The van der Waals surface area contributed by atoms with Crippen molar-refractivity contribution in [2.75, 3.05) is 31.1 Å². The lowest BCUT2D eigenvalue weighted by Gasteiger charge is -2.39. The highest BCUT2D eigenvalue weighted by molar-refractivity contribution is 5.94. The van der Waals surface area contributed by atoms with Crippen molar-refractivity contribution in [3.05, 3.63) is 58.3 Å². The second-order valence-corrected chi connectivity index (χ2v) is 7.77. The predicted octanol–water partition coefficient (Wildman–Crippen LogP) is 2.51. The standard InChI is InChI=1S/C21H24N4O5/c1-14-10-23(11-15(2)29-14)20-8-3-16(9-22-20)21(26)24-12-19(13-24)30-18-6-4-17(5-7-18)25(27)28/h3-9,14-15,19H,10-13H2,1-2H3/t14-,15+. The smallest absolute Gasteiger partial charge is 0.269 e. The molecule has 9 heteroatoms. The minimum absolute atomic E-state index is 0.0182. The van der Waals surface area contributed by atoms with E-state index in [4.69, 9.17) is 9.47 Å². The quantitative estimate of drug-likeness (QED) is 0.550. The molecule has 1 aromatic carbocycles. The van der Waals surface area contributed by atoms with Crippen LogP contribution in [-0.2, 0) is 4.74 Å². The van der Waals surface area contributed by atoms with Crippen molar-refractivity contribution in [1.82, 2.24) is 9.88 Å². The lowest BCUT2D eigenvalue weighted by Crippen LogP contribution is -2.56. The van der Waals surface area contributed by atoms with Crippen molar-refractivity contribution in [1.29, 1.82) is 0 Å². The van der Waals surface area contributed by atoms with Gasteiger partial charge in [-0.3, -0.25) is 14.9 Å². The summed E-state index contributed by atoms with van der Waals surface area (Å²) in [6.07, 6.45) is 1.78. The van der Waals surface area contributed by atoms with Crippen LogP contribution in [0.15, 0.2) is 42.6 Å². The number of amides is 1. The SMILES string of the molecule is C[C@@H]1CN(c2ccc(C(=O)N3CC(Oc4ccc([N+](=O)[O-])cc4)C3)cn2)C[C@H](C)O1. The Kier molecular flexibility index (Phi) is 5.54. The number of aromatic nitrogens is 1. The summed E-state index contributed by atoms with van der Waals surface area (Å²) in [6.45, 7) is 6.57. The Labute approximate surface area is 174 Å². The summed E-state index contributed by atoms with van der Waals surface area (Å²) in [7, 11) is 0. The van der Waals surface area contributed by atoms with E-state index in [2.05, 4.69) is 9.88 Å². The molecule has 0 unspecified atom stereocenters. The van der Waals surface area contributed by atoms with Crippen molar-refractivity contribution in [2.24, 2.45) is 0 Å². The average Bonchev–Trinajstić information content (AvgIpc) is 2.69. The van der Waals surface area contributed by atoms with E-state index in [1.807, 2.05) is 19.9 Å². The Hall–Kier alpha value is -3.20. The van der Waals surface area contributed by atoms with Crippen LogP contribution >= 0.6 is 0 Å². The lowest BCUT2D eigenvalue weighted by molar-refractivity contribution is -0.384. The monoisotopic (exact) mass is 412 g/mol. The molecule has 9 nitrogen and oxygen atoms in total. The number of non-ortho nitro benzene ring substituents is 1. The van der Waals surface area contributed by atoms with Crippen molar-refractivity contribution < 1.29 is 19.2 Å². The summed E-state index contributed by atoms with van der Waals surface area (Å²) in [5.74, 6) is 1.32. The zero-order valence-electron chi connectivity index (χ0n) is 16.9. The number of rotatable bonds is 5. The molecule has 4 rings (SSSR count). The molecule has 2 aliphatic heterocycles. The number of nitrogens with zero attached hydrogens (tertiary/aromatic N) is 4. The molecule has 2 atom stereocenters. The minimum Gasteiger partial charge on any atom is -0.487 e. The summed E-state index contributed by atoms with van der Waals surface area (Å²) >= 11 is 0. The largest absolute Gasteiger partial charge is 0.487 e. The Balaban J connectivity index is 1.30. The summed E-state index contributed by atoms with van der Waals surface area (Å²) in [5.41, 5.74) is 0.562. The van der Waals surface area contributed by atoms with Crippen LogP contribution in [0.1, 0.15) is 24.2 Å². The molecule has 30 heavy (non-hydrogen) atoms. The van der Waals surface area contributed by atoms with E-state index in [0.29, 0.717) is 24.4 Å². The maximum absolute atomic E-state index is 12.7. The van der Waals surface area contributed by atoms with Gasteiger partial charge in [0.1, 0.15) is 17.7 Å². The number of pyridine rings is 1. The zero-order valence-corrected chi connectivity index (χ0v) is 16.9. The summed E-state index contributed by atoms with van der Waals surface area (Å²) in [6, 6.07) is 9.63. The van der Waals surface area contributed by atoms with Crippen LogP contribution in [0.25, 0.3) is 0 Å². The highest BCUT2D eigenvalue weighted by atomic mass is 16.6. The van der Waals surface area contributed by atoms with Crippen LogP contribution in [0.4, 0.5) is 11.5 Å². The number of hydrogen-bond acceptors (Lipinski definition) is 7. The normalized spacial score (nSPS) is 21.8. The maximum Gasteiger partial charge on any atom is 0.269 e. The van der Waals surface area contributed by atoms with Gasteiger partial charge < -0.3 is 19.3 Å². The van der Waals surface area contributed by atoms with E-state index < -0.39 is 4.92 Å². The average molecular weight is 412 g/mol. The minimum atomic E-state index is -0.451. The van der Waals surface area contributed by atoms with Gasteiger partial charge in [-0.2, -0.15) is 0 Å². The molecule has 2 saturated heterocycles. The Morgan fingerprint density at radius 2 is 1.77 bits per heavy atom. The third-order valence-electron chi connectivity index (χ3n) is 5.22. The van der Waals surface area contributed by atoms with E-state index >= 15 is 0 Å². The number of anilines is 1. The van der Waals surface area contributed by atoms with E-state index in [-0.39, 0.29) is 29.9 Å². The fourth-order valence-corrected chi connectivity index (χ4v) is 3.76. The number of hydrogen-bond donors (Lipinski definition) is 0. The first-order chi connectivity index (χ1) is 14.4. The zero-order chi connectivity index (χ0) is 21.3. The van der Waals surface area contributed by atoms with Gasteiger partial charge in [0.2, 0.25) is 0 Å². The summed E-state index contributed by atoms with van der Waals surface area (Å²) < 4.78 is 11.5. The van der Waals surface area contributed by atoms with Crippen LogP contribution in [0.3, 0.4) is 0 Å². The molecule has 2 aliphatic rings. The molecule has 0 spiro atoms. The fourth-order valence-electron chi connectivity index (χ4n) is 3.76. The molecule has 0 N–H and O–H groups in total. The van der Waals surface area contributed by atoms with Crippen molar-refractivity contribution in [3.8, 4) is 5.75 Å². The number of morpholine rings is 1. The third kappa shape index (κ3) is 4.35. The first-order valence-electron chi connectivity index (χ1n) is 9.96. The van der Waals surface area contributed by atoms with Gasteiger partial charge in [-0.15, -0.1) is 0 Å². The topological polar surface area (TPSA) is 98.0 Å². The van der Waals surface area contributed by atoms with Crippen LogP contribution in [-0.4, -0.2) is 65.2 Å². The van der Waals surface area contributed by atoms with Gasteiger partial charge >= 0.3 is 0 Å². The number of carbonyl (C=O) groups is 1. The molecule has 3 heterocycles. The molecule has 0 radical (unpaired) electrons. The summed E-state index contributed by atoms with van der Waals surface area (Å²) in [4.78, 5) is 31.3. The van der Waals surface area contributed by atoms with Crippen LogP contribution in [0.5, 0.6) is 5.75 Å². The first kappa shape index (κ1) is 20.1. The van der Waals surface area contributed by atoms with Gasteiger partial charge in [-0.05, 0) is 38.1 Å². The Morgan fingerprint density at radius 1 is 1.10 bits per heavy atom. The molecule has 2 aromatic rings. The van der Waals surface area contributed by atoms with E-state index in [1.54, 1.807) is 29.3 Å². The molecule has 0 aliphatic carbocycles. The number of nitro benzene ring substituents is 1. The highest BCUT2D eigenvalue weighted by Crippen LogP contribution is 2.23. The highest BCUT2D eigenvalue weighted by Gasteiger charge is 2.33. The molecule has 158 valence electrons. The van der Waals surface area contributed by atoms with Crippen LogP contribution < -0.4 is 9.64 Å². The second kappa shape index (κ2) is 8.27. The van der Waals surface area contributed by atoms with E-state index in [0.717, 1.165) is 18.9 Å². The van der Waals surface area contributed by atoms with Gasteiger partial charge in [0, 0.05) is 31.4 Å². The number of likely N-dealkylation sites (tertiary alicyclic amines) is 1. The van der Waals surface area contributed by atoms with E-state index in [1.165, 1.54) is 12.1 Å². The third-order valence-corrected chi connectivity index (χ3v) is 5.22. The lowest BCUT2D eigenvalue weighted by atomic mass is 10.1. The Bertz CT molecular complexity index is 902. The number of ether oxygens (including phenoxy) is 2. The molecule has 1 amide bonds. The summed E-state index contributed by atoms with van der Waals surface area (Å²) in [5, 5.41) is 10.7. The maximum atomic E-state index is 12.7. The van der Waals surface area contributed by atoms with Crippen LogP contribution in [0, 0.1) is 10.1 Å². The number of nitro groups is 1. The van der Waals surface area contributed by atoms with Crippen molar-refractivity contribution >= 4 is 17.4 Å². The number of carbonyl (C=O) groups excluding carboxylic acids is 1. The number of benzene rings is 1. The van der Waals surface area contributed by atoms with Gasteiger partial charge in [-0.25, -0.2) is 4.98 Å². The van der Waals surface area contributed by atoms with Gasteiger partial charge in [-0.1, -0.05) is 0 Å². The first-order valence-corrected chi connectivity index (χ1v) is 9.96. The Morgan fingerprint density at radius 3 is 2.33 bits per heavy atom.